The molecular formula is C14H22Cl2NTi. The first kappa shape index (κ1) is 17.9. The quantitative estimate of drug-likeness (QED) is 0.788. The number of allylic oxidation sites excluding steroid dienone is 4. The molecular weight excluding hydrogens is 301 g/mol. The molecule has 1 nitrogen and oxygen atoms in total. The van der Waals surface area contributed by atoms with Gasteiger partial charge in [-0.25, -0.2) is 0 Å². The predicted octanol–water partition coefficient (Wildman–Crippen LogP) is 4.13. The zero-order chi connectivity index (χ0) is 11.8. The molecule has 101 valence electrons. The van der Waals surface area contributed by atoms with E-state index < -0.39 is 16.1 Å². The fraction of sp³-hybridized carbons (Fsp3) is 0.357. The Morgan fingerprint density at radius 1 is 1.28 bits per heavy atom. The van der Waals surface area contributed by atoms with E-state index in [1.807, 2.05) is 6.20 Å². The number of rotatable bonds is 2. The van der Waals surface area contributed by atoms with Crippen LogP contribution >= 0.6 is 24.8 Å². The summed E-state index contributed by atoms with van der Waals surface area (Å²) >= 11 is -2.44. The molecule has 1 atom stereocenters. The van der Waals surface area contributed by atoms with Gasteiger partial charge in [0.05, 0.1) is 0 Å². The average molecular weight is 323 g/mol. The Bertz CT molecular complexity index is 478. The van der Waals surface area contributed by atoms with Crippen LogP contribution in [0.4, 0.5) is 0 Å². The van der Waals surface area contributed by atoms with Gasteiger partial charge < -0.3 is 0 Å². The van der Waals surface area contributed by atoms with Gasteiger partial charge in [0.2, 0.25) is 0 Å². The van der Waals surface area contributed by atoms with E-state index in [1.165, 1.54) is 4.00 Å². The number of aromatic nitrogens is 1. The van der Waals surface area contributed by atoms with Crippen LogP contribution < -0.4 is 4.00 Å². The van der Waals surface area contributed by atoms with Crippen molar-refractivity contribution in [1.29, 1.82) is 0 Å². The summed E-state index contributed by atoms with van der Waals surface area (Å²) in [5.74, 6) is 0. The van der Waals surface area contributed by atoms with Gasteiger partial charge in [-0.15, -0.1) is 24.8 Å². The van der Waals surface area contributed by atoms with E-state index >= 15 is 0 Å². The van der Waals surface area contributed by atoms with Crippen molar-refractivity contribution in [2.24, 2.45) is 0 Å². The molecule has 1 unspecified atom stereocenters. The first-order valence-electron chi connectivity index (χ1n) is 5.81. The maximum absolute atomic E-state index is 4.71. The Morgan fingerprint density at radius 2 is 1.94 bits per heavy atom. The molecule has 0 aliphatic heterocycles. The second-order valence-corrected chi connectivity index (χ2v) is 12.6. The molecule has 0 radical (unpaired) electrons. The number of aromatic amines is 1. The molecule has 1 aliphatic rings. The van der Waals surface area contributed by atoms with Crippen molar-refractivity contribution in [1.82, 2.24) is 4.98 Å². The van der Waals surface area contributed by atoms with Crippen molar-refractivity contribution in [2.75, 3.05) is 0 Å². The first-order chi connectivity index (χ1) is 7.46. The van der Waals surface area contributed by atoms with Crippen LogP contribution in [0, 0.1) is 0 Å². The third-order valence-electron chi connectivity index (χ3n) is 3.66. The molecule has 0 fully saturated rings. The summed E-state index contributed by atoms with van der Waals surface area (Å²) in [4.78, 5) is 8.13. The molecule has 1 N–H and O–H groups in total. The van der Waals surface area contributed by atoms with Gasteiger partial charge in [0, 0.05) is 0 Å². The van der Waals surface area contributed by atoms with E-state index in [0.29, 0.717) is 0 Å². The van der Waals surface area contributed by atoms with E-state index in [1.54, 1.807) is 3.88 Å². The molecule has 0 saturated heterocycles. The van der Waals surface area contributed by atoms with Gasteiger partial charge in [-0.3, -0.25) is 0 Å². The zero-order valence-corrected chi connectivity index (χ0v) is 14.4. The van der Waals surface area contributed by atoms with Crippen molar-refractivity contribution in [2.45, 2.75) is 30.9 Å². The molecule has 2 rings (SSSR count). The molecule has 0 saturated carbocycles. The van der Waals surface area contributed by atoms with Gasteiger partial charge in [0.25, 0.3) is 0 Å². The second kappa shape index (κ2) is 6.39. The summed E-state index contributed by atoms with van der Waals surface area (Å²) in [5, 5.41) is 0. The van der Waals surface area contributed by atoms with Gasteiger partial charge >= 0.3 is 101 Å². The summed E-state index contributed by atoms with van der Waals surface area (Å²) < 4.78 is 3.25. The van der Waals surface area contributed by atoms with Crippen molar-refractivity contribution < 1.29 is 16.1 Å². The average Bonchev–Trinajstić information content (AvgIpc) is 2.88. The molecule has 0 amide bonds. The van der Waals surface area contributed by atoms with Gasteiger partial charge in [0.15, 0.2) is 0 Å². The zero-order valence-electron chi connectivity index (χ0n) is 11.2. The molecule has 0 aromatic carbocycles. The standard InChI is InChI=1S/C5H5.C4H4N.C4H9.CH2.2ClH.Ti/c2*1-2-4-5-3-1;1-4(2)3;;;;/h1-3H,4H2;1-3,5H;1-3H3;1H2;2*1H;. The van der Waals surface area contributed by atoms with Crippen LogP contribution in [0.15, 0.2) is 40.4 Å². The summed E-state index contributed by atoms with van der Waals surface area (Å²) in [7, 11) is 0. The summed E-state index contributed by atoms with van der Waals surface area (Å²) in [6.45, 7) is 7.00. The first-order valence-corrected chi connectivity index (χ1v) is 9.26. The Labute approximate surface area is 125 Å². The Kier molecular flexibility index (Phi) is 6.36. The van der Waals surface area contributed by atoms with Crippen LogP contribution in [0.5, 0.6) is 0 Å². The number of H-pyrrole nitrogens is 1. The molecule has 0 bridgehead atoms. The van der Waals surface area contributed by atoms with E-state index in [9.17, 15) is 0 Å². The van der Waals surface area contributed by atoms with Crippen molar-refractivity contribution in [3.63, 3.8) is 0 Å². The monoisotopic (exact) mass is 322 g/mol. The SMILES string of the molecule is Cl.Cl.[CH2]=[Ti]([C]1=CC=CC1)([c]1ccc[nH]1)[C](C)(C)C. The molecule has 4 heteroatoms. The van der Waals surface area contributed by atoms with Gasteiger partial charge in [-0.2, -0.15) is 0 Å². The Hall–Kier alpha value is -0.0757. The fourth-order valence-corrected chi connectivity index (χ4v) is 8.16. The Balaban J connectivity index is 0.00000144. The molecule has 1 aliphatic carbocycles. The van der Waals surface area contributed by atoms with Gasteiger partial charge in [-0.1, -0.05) is 0 Å². The number of hydrogen-bond acceptors (Lipinski definition) is 0. The second-order valence-electron chi connectivity index (χ2n) is 5.56. The minimum atomic E-state index is -2.44. The van der Waals surface area contributed by atoms with Crippen LogP contribution in [-0.4, -0.2) is 9.80 Å². The van der Waals surface area contributed by atoms with Crippen molar-refractivity contribution in [3.05, 3.63) is 40.4 Å². The van der Waals surface area contributed by atoms with Gasteiger partial charge in [0.1, 0.15) is 0 Å². The van der Waals surface area contributed by atoms with Crippen LogP contribution in [-0.2, 0) is 16.1 Å². The topological polar surface area (TPSA) is 15.8 Å². The fourth-order valence-electron chi connectivity index (χ4n) is 2.42. The molecule has 1 aromatic heterocycles. The van der Waals surface area contributed by atoms with Crippen LogP contribution in [0.25, 0.3) is 0 Å². The van der Waals surface area contributed by atoms with Crippen LogP contribution in [0.2, 0.25) is 3.72 Å². The maximum atomic E-state index is 4.71. The number of hydrogen-bond donors (Lipinski definition) is 1. The van der Waals surface area contributed by atoms with Crippen molar-refractivity contribution in [3.8, 4) is 0 Å². The van der Waals surface area contributed by atoms with E-state index in [-0.39, 0.29) is 28.5 Å². The molecule has 1 heterocycles. The third-order valence-corrected chi connectivity index (χ3v) is 11.9. The molecule has 1 aromatic rings. The third kappa shape index (κ3) is 2.91. The molecule has 0 spiro atoms. The number of nitrogens with one attached hydrogen (secondary N) is 1. The van der Waals surface area contributed by atoms with Crippen LogP contribution in [0.3, 0.4) is 0 Å². The Morgan fingerprint density at radius 3 is 2.33 bits per heavy atom. The van der Waals surface area contributed by atoms with E-state index in [4.69, 9.17) is 4.82 Å². The number of halogens is 2. The normalized spacial score (nSPS) is 17.4. The summed E-state index contributed by atoms with van der Waals surface area (Å²) in [6, 6.07) is 4.31. The molecule has 18 heavy (non-hydrogen) atoms. The summed E-state index contributed by atoms with van der Waals surface area (Å²) in [6.07, 6.45) is 9.83. The van der Waals surface area contributed by atoms with Crippen molar-refractivity contribution >= 4 is 33.6 Å². The van der Waals surface area contributed by atoms with E-state index in [2.05, 4.69) is 56.1 Å². The van der Waals surface area contributed by atoms with E-state index in [0.717, 1.165) is 6.42 Å². The van der Waals surface area contributed by atoms with Crippen LogP contribution in [0.1, 0.15) is 27.2 Å². The predicted molar refractivity (Wildman–Crippen MR) is 83.6 cm³/mol. The van der Waals surface area contributed by atoms with Gasteiger partial charge in [-0.05, 0) is 0 Å². The summed E-state index contributed by atoms with van der Waals surface area (Å²) in [5.41, 5.74) is 0. The minimum absolute atomic E-state index is 0.